The number of carbonyl (C=O) groups excluding carboxylic acids is 1. The summed E-state index contributed by atoms with van der Waals surface area (Å²) in [5, 5.41) is 9.28. The Bertz CT molecular complexity index is 1060. The number of hydrogen-bond donors (Lipinski definition) is 0. The predicted molar refractivity (Wildman–Crippen MR) is 127 cm³/mol. The number of carbonyl (C=O) groups is 1. The van der Waals surface area contributed by atoms with Crippen LogP contribution in [0.2, 0.25) is 0 Å². The quantitative estimate of drug-likeness (QED) is 0.467. The molecule has 0 saturated carbocycles. The minimum atomic E-state index is -0.308. The molecule has 1 fully saturated rings. The van der Waals surface area contributed by atoms with Crippen LogP contribution in [-0.4, -0.2) is 70.8 Å². The van der Waals surface area contributed by atoms with E-state index in [0.717, 1.165) is 22.7 Å². The zero-order chi connectivity index (χ0) is 23.2. The molecule has 0 radical (unpaired) electrons. The topological polar surface area (TPSA) is 78.7 Å². The van der Waals surface area contributed by atoms with E-state index in [0.29, 0.717) is 43.9 Å². The summed E-state index contributed by atoms with van der Waals surface area (Å²) in [4.78, 5) is 14.8. The average Bonchev–Trinajstić information content (AvgIpc) is 3.28. The highest BCUT2D eigenvalue weighted by molar-refractivity contribution is 8.00. The molecule has 0 bridgehead atoms. The Morgan fingerprint density at radius 3 is 2.36 bits per heavy atom. The summed E-state index contributed by atoms with van der Waals surface area (Å²) >= 11 is 1.41. The monoisotopic (exact) mass is 468 g/mol. The Kier molecular flexibility index (Phi) is 7.51. The molecule has 33 heavy (non-hydrogen) atoms. The van der Waals surface area contributed by atoms with Gasteiger partial charge in [-0.2, -0.15) is 0 Å². The molecule has 3 aromatic rings. The number of rotatable bonds is 8. The standard InChI is InChI=1S/C24H28N4O4S/c1-4-32-21-11-7-19(8-12-21)28-22(18-5-9-20(30-3)10-6-18)25-26-24(28)33-17(2)23(29)27-13-15-31-16-14-27/h5-12,17H,4,13-16H2,1-3H3. The maximum Gasteiger partial charge on any atom is 0.236 e. The minimum absolute atomic E-state index is 0.0792. The van der Waals surface area contributed by atoms with Gasteiger partial charge in [-0.1, -0.05) is 11.8 Å². The summed E-state index contributed by atoms with van der Waals surface area (Å²) in [6, 6.07) is 15.5. The van der Waals surface area contributed by atoms with Gasteiger partial charge in [0, 0.05) is 24.3 Å². The van der Waals surface area contributed by atoms with E-state index in [2.05, 4.69) is 10.2 Å². The van der Waals surface area contributed by atoms with Crippen molar-refractivity contribution < 1.29 is 19.0 Å². The molecule has 0 aliphatic carbocycles. The van der Waals surface area contributed by atoms with Crippen molar-refractivity contribution in [1.29, 1.82) is 0 Å². The van der Waals surface area contributed by atoms with E-state index in [4.69, 9.17) is 14.2 Å². The maximum atomic E-state index is 13.0. The Hall–Kier alpha value is -3.04. The number of hydrogen-bond acceptors (Lipinski definition) is 7. The van der Waals surface area contributed by atoms with E-state index in [1.165, 1.54) is 11.8 Å². The fraction of sp³-hybridized carbons (Fsp3) is 0.375. The number of morpholine rings is 1. The van der Waals surface area contributed by atoms with Crippen molar-refractivity contribution in [3.05, 3.63) is 48.5 Å². The highest BCUT2D eigenvalue weighted by Crippen LogP contribution is 2.32. The first-order chi connectivity index (χ1) is 16.1. The third-order valence-electron chi connectivity index (χ3n) is 5.34. The molecular formula is C24H28N4O4S. The SMILES string of the molecule is CCOc1ccc(-n2c(SC(C)C(=O)N3CCOCC3)nnc2-c2ccc(OC)cc2)cc1. The van der Waals surface area contributed by atoms with Crippen LogP contribution in [0.25, 0.3) is 17.1 Å². The van der Waals surface area contributed by atoms with Gasteiger partial charge in [0.15, 0.2) is 11.0 Å². The number of methoxy groups -OCH3 is 1. The van der Waals surface area contributed by atoms with E-state index in [1.54, 1.807) is 7.11 Å². The van der Waals surface area contributed by atoms with Crippen LogP contribution < -0.4 is 9.47 Å². The summed E-state index contributed by atoms with van der Waals surface area (Å²) in [5.41, 5.74) is 1.79. The molecule has 9 heteroatoms. The van der Waals surface area contributed by atoms with Crippen LogP contribution in [0.1, 0.15) is 13.8 Å². The Labute approximate surface area is 197 Å². The van der Waals surface area contributed by atoms with Crippen LogP contribution >= 0.6 is 11.8 Å². The highest BCUT2D eigenvalue weighted by atomic mass is 32.2. The van der Waals surface area contributed by atoms with Gasteiger partial charge in [-0.25, -0.2) is 0 Å². The Morgan fingerprint density at radius 2 is 1.73 bits per heavy atom. The van der Waals surface area contributed by atoms with Gasteiger partial charge in [0.1, 0.15) is 11.5 Å². The largest absolute Gasteiger partial charge is 0.497 e. The lowest BCUT2D eigenvalue weighted by Crippen LogP contribution is -2.44. The van der Waals surface area contributed by atoms with Crippen LogP contribution in [0.4, 0.5) is 0 Å². The van der Waals surface area contributed by atoms with Crippen LogP contribution in [-0.2, 0) is 9.53 Å². The van der Waals surface area contributed by atoms with Crippen molar-refractivity contribution in [3.63, 3.8) is 0 Å². The first-order valence-electron chi connectivity index (χ1n) is 11.0. The molecule has 1 aliphatic rings. The third-order valence-corrected chi connectivity index (χ3v) is 6.37. The highest BCUT2D eigenvalue weighted by Gasteiger charge is 2.26. The van der Waals surface area contributed by atoms with Crippen molar-refractivity contribution in [2.45, 2.75) is 24.3 Å². The van der Waals surface area contributed by atoms with Crippen molar-refractivity contribution in [3.8, 4) is 28.6 Å². The molecule has 0 N–H and O–H groups in total. The molecule has 1 saturated heterocycles. The second-order valence-electron chi connectivity index (χ2n) is 7.49. The fourth-order valence-electron chi connectivity index (χ4n) is 3.61. The number of aromatic nitrogens is 3. The van der Waals surface area contributed by atoms with E-state index < -0.39 is 0 Å². The number of thioether (sulfide) groups is 1. The molecule has 8 nitrogen and oxygen atoms in total. The molecule has 2 heterocycles. The van der Waals surface area contributed by atoms with Crippen molar-refractivity contribution in [2.75, 3.05) is 40.0 Å². The van der Waals surface area contributed by atoms with Gasteiger partial charge in [0.25, 0.3) is 0 Å². The lowest BCUT2D eigenvalue weighted by Gasteiger charge is -2.28. The van der Waals surface area contributed by atoms with Gasteiger partial charge in [0.2, 0.25) is 5.91 Å². The summed E-state index contributed by atoms with van der Waals surface area (Å²) in [6.07, 6.45) is 0. The van der Waals surface area contributed by atoms with Gasteiger partial charge in [0.05, 0.1) is 32.2 Å². The number of nitrogens with zero attached hydrogens (tertiary/aromatic N) is 4. The van der Waals surface area contributed by atoms with Crippen LogP contribution in [0.3, 0.4) is 0 Å². The van der Waals surface area contributed by atoms with Crippen LogP contribution in [0.15, 0.2) is 53.7 Å². The predicted octanol–water partition coefficient (Wildman–Crippen LogP) is 3.68. The van der Waals surface area contributed by atoms with Crippen LogP contribution in [0, 0.1) is 0 Å². The third kappa shape index (κ3) is 5.31. The van der Waals surface area contributed by atoms with Gasteiger partial charge in [-0.3, -0.25) is 9.36 Å². The molecule has 2 aromatic carbocycles. The Balaban J connectivity index is 1.67. The molecule has 4 rings (SSSR count). The second-order valence-corrected chi connectivity index (χ2v) is 8.80. The molecule has 0 spiro atoms. The zero-order valence-corrected chi connectivity index (χ0v) is 19.9. The normalized spacial score (nSPS) is 14.7. The first kappa shape index (κ1) is 23.1. The van der Waals surface area contributed by atoms with E-state index in [1.807, 2.05) is 71.8 Å². The summed E-state index contributed by atoms with van der Waals surface area (Å²) in [6.45, 7) is 6.86. The molecular weight excluding hydrogens is 440 g/mol. The lowest BCUT2D eigenvalue weighted by atomic mass is 10.2. The molecule has 1 aromatic heterocycles. The average molecular weight is 469 g/mol. The van der Waals surface area contributed by atoms with Crippen molar-refractivity contribution >= 4 is 17.7 Å². The van der Waals surface area contributed by atoms with E-state index >= 15 is 0 Å². The molecule has 1 atom stereocenters. The first-order valence-corrected chi connectivity index (χ1v) is 11.8. The second kappa shape index (κ2) is 10.7. The molecule has 174 valence electrons. The van der Waals surface area contributed by atoms with Gasteiger partial charge >= 0.3 is 0 Å². The summed E-state index contributed by atoms with van der Waals surface area (Å²) < 4.78 is 18.2. The smallest absolute Gasteiger partial charge is 0.236 e. The van der Waals surface area contributed by atoms with Gasteiger partial charge in [-0.15, -0.1) is 10.2 Å². The fourth-order valence-corrected chi connectivity index (χ4v) is 4.56. The molecule has 1 unspecified atom stereocenters. The van der Waals surface area contributed by atoms with Crippen molar-refractivity contribution in [2.24, 2.45) is 0 Å². The summed E-state index contributed by atoms with van der Waals surface area (Å²) in [5.74, 6) is 2.33. The van der Waals surface area contributed by atoms with Crippen LogP contribution in [0.5, 0.6) is 11.5 Å². The van der Waals surface area contributed by atoms with E-state index in [-0.39, 0.29) is 11.2 Å². The summed E-state index contributed by atoms with van der Waals surface area (Å²) in [7, 11) is 1.64. The van der Waals surface area contributed by atoms with E-state index in [9.17, 15) is 4.79 Å². The lowest BCUT2D eigenvalue weighted by molar-refractivity contribution is -0.134. The molecule has 1 amide bonds. The maximum absolute atomic E-state index is 13.0. The Morgan fingerprint density at radius 1 is 1.06 bits per heavy atom. The number of benzene rings is 2. The van der Waals surface area contributed by atoms with Gasteiger partial charge < -0.3 is 19.1 Å². The van der Waals surface area contributed by atoms with Crippen molar-refractivity contribution in [1.82, 2.24) is 19.7 Å². The number of amides is 1. The zero-order valence-electron chi connectivity index (χ0n) is 19.1. The minimum Gasteiger partial charge on any atom is -0.497 e. The molecule has 1 aliphatic heterocycles. The number of ether oxygens (including phenoxy) is 3. The van der Waals surface area contributed by atoms with Gasteiger partial charge in [-0.05, 0) is 62.4 Å².